The third kappa shape index (κ3) is 6.39. The van der Waals surface area contributed by atoms with E-state index in [2.05, 4.69) is 34.6 Å². The second-order valence-corrected chi connectivity index (χ2v) is 7.84. The molecule has 0 aliphatic rings. The van der Waals surface area contributed by atoms with Crippen LogP contribution in [0.2, 0.25) is 0 Å². The first-order chi connectivity index (χ1) is 15.6. The lowest BCUT2D eigenvalue weighted by Gasteiger charge is -2.20. The zero-order valence-corrected chi connectivity index (χ0v) is 18.9. The molecule has 1 aromatic heterocycles. The van der Waals surface area contributed by atoms with Crippen molar-refractivity contribution in [3.8, 4) is 0 Å². The predicted molar refractivity (Wildman–Crippen MR) is 132 cm³/mol. The summed E-state index contributed by atoms with van der Waals surface area (Å²) in [6.07, 6.45) is 3.21. The molecule has 32 heavy (non-hydrogen) atoms. The van der Waals surface area contributed by atoms with Crippen LogP contribution < -0.4 is 15.6 Å². The molecule has 0 saturated carbocycles. The van der Waals surface area contributed by atoms with Gasteiger partial charge >= 0.3 is 0 Å². The van der Waals surface area contributed by atoms with E-state index in [-0.39, 0.29) is 11.6 Å². The maximum atomic E-state index is 12.7. The van der Waals surface area contributed by atoms with Crippen molar-refractivity contribution in [2.24, 2.45) is 5.10 Å². The molecule has 2 N–H and O–H groups in total. The van der Waals surface area contributed by atoms with Gasteiger partial charge in [0.2, 0.25) is 0 Å². The van der Waals surface area contributed by atoms with Gasteiger partial charge in [-0.2, -0.15) is 5.10 Å². The van der Waals surface area contributed by atoms with Crippen LogP contribution in [-0.4, -0.2) is 31.1 Å². The molecule has 0 fully saturated rings. The van der Waals surface area contributed by atoms with E-state index in [1.54, 1.807) is 36.6 Å². The monoisotopic (exact) mass is 446 g/mol. The molecule has 2 aromatic carbocycles. The van der Waals surface area contributed by atoms with Crippen LogP contribution in [0.4, 0.5) is 5.69 Å². The van der Waals surface area contributed by atoms with E-state index in [1.165, 1.54) is 11.3 Å². The zero-order valence-electron chi connectivity index (χ0n) is 18.1. The standard InChI is InChI=1S/C25H26N4O2S/c1-3-29(4-2)21-14-12-19(13-15-21)18-26-28-25(31)23(17-22-11-8-16-32-22)27-24(30)20-9-6-5-7-10-20/h5-18H,3-4H2,1-2H3,(H,27,30)(H,28,31)/b23-17+,26-18+. The van der Waals surface area contributed by atoms with E-state index in [4.69, 9.17) is 0 Å². The Labute approximate surface area is 192 Å². The molecule has 0 bridgehead atoms. The van der Waals surface area contributed by atoms with Gasteiger partial charge < -0.3 is 10.2 Å². The fourth-order valence-electron chi connectivity index (χ4n) is 3.04. The molecule has 1 heterocycles. The molecule has 0 aliphatic heterocycles. The van der Waals surface area contributed by atoms with Gasteiger partial charge in [0.25, 0.3) is 11.8 Å². The summed E-state index contributed by atoms with van der Waals surface area (Å²) in [5, 5.41) is 8.65. The van der Waals surface area contributed by atoms with E-state index in [9.17, 15) is 9.59 Å². The van der Waals surface area contributed by atoms with Gasteiger partial charge in [-0.05, 0) is 61.2 Å². The minimum atomic E-state index is -0.501. The SMILES string of the molecule is CCN(CC)c1ccc(/C=N/NC(=O)/C(=C\c2cccs2)NC(=O)c2ccccc2)cc1. The van der Waals surface area contributed by atoms with Crippen LogP contribution in [-0.2, 0) is 4.79 Å². The Kier molecular flexibility index (Phi) is 8.34. The average Bonchev–Trinajstić information content (AvgIpc) is 3.34. The van der Waals surface area contributed by atoms with E-state index in [1.807, 2.05) is 47.8 Å². The highest BCUT2D eigenvalue weighted by Crippen LogP contribution is 2.15. The van der Waals surface area contributed by atoms with Crippen molar-refractivity contribution in [2.75, 3.05) is 18.0 Å². The Morgan fingerprint density at radius 2 is 1.69 bits per heavy atom. The Balaban J connectivity index is 1.69. The van der Waals surface area contributed by atoms with Crippen molar-refractivity contribution in [3.05, 3.63) is 93.8 Å². The third-order valence-electron chi connectivity index (χ3n) is 4.76. The molecule has 0 aliphatic carbocycles. The van der Waals surface area contributed by atoms with E-state index in [0.29, 0.717) is 5.56 Å². The Morgan fingerprint density at radius 3 is 2.31 bits per heavy atom. The van der Waals surface area contributed by atoms with Crippen LogP contribution in [0.1, 0.15) is 34.6 Å². The molecule has 0 saturated heterocycles. The van der Waals surface area contributed by atoms with Crippen LogP contribution in [0.5, 0.6) is 0 Å². The maximum Gasteiger partial charge on any atom is 0.287 e. The Bertz CT molecular complexity index is 1070. The fraction of sp³-hybridized carbons (Fsp3) is 0.160. The van der Waals surface area contributed by atoms with Crippen molar-refractivity contribution < 1.29 is 9.59 Å². The number of carbonyl (C=O) groups excluding carboxylic acids is 2. The van der Waals surface area contributed by atoms with Gasteiger partial charge in [0.1, 0.15) is 5.70 Å². The molecule has 0 atom stereocenters. The van der Waals surface area contributed by atoms with Gasteiger partial charge in [0.05, 0.1) is 6.21 Å². The number of nitrogens with zero attached hydrogens (tertiary/aromatic N) is 2. The number of amides is 2. The zero-order chi connectivity index (χ0) is 22.8. The Morgan fingerprint density at radius 1 is 0.969 bits per heavy atom. The van der Waals surface area contributed by atoms with Crippen molar-refractivity contribution in [1.29, 1.82) is 0 Å². The predicted octanol–water partition coefficient (Wildman–Crippen LogP) is 4.52. The molecular formula is C25H26N4O2S. The quantitative estimate of drug-likeness (QED) is 0.288. The highest BCUT2D eigenvalue weighted by Gasteiger charge is 2.14. The number of nitrogens with one attached hydrogen (secondary N) is 2. The van der Waals surface area contributed by atoms with Gasteiger partial charge in [-0.25, -0.2) is 5.43 Å². The van der Waals surface area contributed by atoms with Crippen molar-refractivity contribution in [3.63, 3.8) is 0 Å². The van der Waals surface area contributed by atoms with Gasteiger partial charge in [-0.3, -0.25) is 9.59 Å². The summed E-state index contributed by atoms with van der Waals surface area (Å²) in [6.45, 7) is 6.11. The summed E-state index contributed by atoms with van der Waals surface area (Å²) in [6, 6.07) is 20.4. The second-order valence-electron chi connectivity index (χ2n) is 6.86. The average molecular weight is 447 g/mol. The van der Waals surface area contributed by atoms with Gasteiger partial charge in [0, 0.05) is 29.2 Å². The van der Waals surface area contributed by atoms with Gasteiger partial charge in [-0.1, -0.05) is 36.4 Å². The summed E-state index contributed by atoms with van der Waals surface area (Å²) in [4.78, 5) is 28.4. The highest BCUT2D eigenvalue weighted by molar-refractivity contribution is 7.10. The smallest absolute Gasteiger partial charge is 0.287 e. The highest BCUT2D eigenvalue weighted by atomic mass is 32.1. The van der Waals surface area contributed by atoms with Crippen molar-refractivity contribution >= 4 is 41.1 Å². The summed E-state index contributed by atoms with van der Waals surface area (Å²) >= 11 is 1.47. The van der Waals surface area contributed by atoms with Crippen LogP contribution in [0.3, 0.4) is 0 Å². The topological polar surface area (TPSA) is 73.8 Å². The first-order valence-electron chi connectivity index (χ1n) is 10.4. The first-order valence-corrected chi connectivity index (χ1v) is 11.3. The molecule has 0 spiro atoms. The number of hydrogen-bond acceptors (Lipinski definition) is 5. The largest absolute Gasteiger partial charge is 0.372 e. The number of rotatable bonds is 9. The lowest BCUT2D eigenvalue weighted by atomic mass is 10.2. The summed E-state index contributed by atoms with van der Waals surface area (Å²) < 4.78 is 0. The first kappa shape index (κ1) is 23.0. The third-order valence-corrected chi connectivity index (χ3v) is 5.58. The van der Waals surface area contributed by atoms with Crippen molar-refractivity contribution in [1.82, 2.24) is 10.7 Å². The number of anilines is 1. The molecule has 6 nitrogen and oxygen atoms in total. The van der Waals surface area contributed by atoms with Crippen LogP contribution in [0.15, 0.2) is 82.9 Å². The number of hydrogen-bond donors (Lipinski definition) is 2. The number of hydrazone groups is 1. The normalized spacial score (nSPS) is 11.4. The molecular weight excluding hydrogens is 420 g/mol. The van der Waals surface area contributed by atoms with Crippen molar-refractivity contribution in [2.45, 2.75) is 13.8 Å². The molecule has 3 rings (SSSR count). The molecule has 164 valence electrons. The maximum absolute atomic E-state index is 12.7. The van der Waals surface area contributed by atoms with Crippen LogP contribution in [0.25, 0.3) is 6.08 Å². The second kappa shape index (κ2) is 11.6. The minimum absolute atomic E-state index is 0.121. The van der Waals surface area contributed by atoms with Gasteiger partial charge in [-0.15, -0.1) is 11.3 Å². The lowest BCUT2D eigenvalue weighted by Crippen LogP contribution is -2.32. The fourth-order valence-corrected chi connectivity index (χ4v) is 3.70. The molecule has 0 radical (unpaired) electrons. The van der Waals surface area contributed by atoms with E-state index >= 15 is 0 Å². The summed E-state index contributed by atoms with van der Waals surface area (Å²) in [5.74, 6) is -0.863. The summed E-state index contributed by atoms with van der Waals surface area (Å²) in [5.41, 5.74) is 5.09. The van der Waals surface area contributed by atoms with Crippen LogP contribution >= 0.6 is 11.3 Å². The number of carbonyl (C=O) groups is 2. The minimum Gasteiger partial charge on any atom is -0.372 e. The van der Waals surface area contributed by atoms with E-state index in [0.717, 1.165) is 29.2 Å². The number of thiophene rings is 1. The molecule has 2 amide bonds. The lowest BCUT2D eigenvalue weighted by molar-refractivity contribution is -0.117. The van der Waals surface area contributed by atoms with E-state index < -0.39 is 5.91 Å². The molecule has 0 unspecified atom stereocenters. The number of benzene rings is 2. The van der Waals surface area contributed by atoms with Crippen LogP contribution in [0, 0.1) is 0 Å². The molecule has 3 aromatic rings. The molecule has 7 heteroatoms. The Hall–Kier alpha value is -3.71. The van der Waals surface area contributed by atoms with Gasteiger partial charge in [0.15, 0.2) is 0 Å². The summed E-state index contributed by atoms with van der Waals surface area (Å²) in [7, 11) is 0.